The Morgan fingerprint density at radius 1 is 0.935 bits per heavy atom. The molecule has 1 aliphatic rings. The summed E-state index contributed by atoms with van der Waals surface area (Å²) < 4.78 is 41.1. The quantitative estimate of drug-likeness (QED) is 0.606. The van der Waals surface area contributed by atoms with E-state index in [1.165, 1.54) is 22.6 Å². The van der Waals surface area contributed by atoms with Gasteiger partial charge in [-0.15, -0.1) is 0 Å². The number of halogens is 1. The van der Waals surface area contributed by atoms with E-state index in [4.69, 9.17) is 0 Å². The fourth-order valence-corrected chi connectivity index (χ4v) is 4.97. The van der Waals surface area contributed by atoms with Crippen LogP contribution in [-0.2, 0) is 23.1 Å². The first-order valence-corrected chi connectivity index (χ1v) is 11.2. The van der Waals surface area contributed by atoms with Crippen LogP contribution in [0.3, 0.4) is 0 Å². The van der Waals surface area contributed by atoms with Crippen molar-refractivity contribution in [2.75, 3.05) is 4.31 Å². The van der Waals surface area contributed by atoms with Crippen LogP contribution in [0.1, 0.15) is 27.0 Å². The predicted octanol–water partition coefficient (Wildman–Crippen LogP) is 4.30. The summed E-state index contributed by atoms with van der Waals surface area (Å²) in [6.07, 6.45) is 1.24. The van der Waals surface area contributed by atoms with Gasteiger partial charge in [-0.1, -0.05) is 54.1 Å². The summed E-state index contributed by atoms with van der Waals surface area (Å²) in [4.78, 5) is 12.7. The van der Waals surface area contributed by atoms with Crippen molar-refractivity contribution in [2.24, 2.45) is 0 Å². The van der Waals surface area contributed by atoms with Gasteiger partial charge in [-0.2, -0.15) is 0 Å². The molecule has 0 bridgehead atoms. The second kappa shape index (κ2) is 8.35. The second-order valence-electron chi connectivity index (χ2n) is 7.36. The van der Waals surface area contributed by atoms with Gasteiger partial charge in [-0.25, -0.2) is 12.8 Å². The molecule has 1 N–H and O–H groups in total. The summed E-state index contributed by atoms with van der Waals surface area (Å²) in [5.74, 6) is -0.905. The van der Waals surface area contributed by atoms with Crippen LogP contribution in [0.25, 0.3) is 0 Å². The van der Waals surface area contributed by atoms with E-state index in [0.29, 0.717) is 11.3 Å². The van der Waals surface area contributed by atoms with Gasteiger partial charge in [0.2, 0.25) is 5.78 Å². The van der Waals surface area contributed by atoms with Crippen molar-refractivity contribution in [3.05, 3.63) is 112 Å². The fraction of sp³-hybridized carbons (Fsp3) is 0.125. The van der Waals surface area contributed by atoms with Crippen molar-refractivity contribution >= 4 is 21.5 Å². The van der Waals surface area contributed by atoms with E-state index in [1.807, 2.05) is 31.2 Å². The normalized spacial score (nSPS) is 16.3. The number of rotatable bonds is 5. The number of carbonyl (C=O) groups excluding carboxylic acids is 1. The Kier molecular flexibility index (Phi) is 5.61. The third-order valence-corrected chi connectivity index (χ3v) is 6.87. The molecule has 0 saturated carbocycles. The molecule has 0 aromatic heterocycles. The lowest BCUT2D eigenvalue weighted by atomic mass is 10.1. The minimum absolute atomic E-state index is 0.113. The Hall–Kier alpha value is -3.45. The molecule has 1 heterocycles. The van der Waals surface area contributed by atoms with Gasteiger partial charge in [0.15, 0.2) is 4.91 Å². The molecule has 31 heavy (non-hydrogen) atoms. The van der Waals surface area contributed by atoms with Gasteiger partial charge in [0, 0.05) is 18.3 Å². The van der Waals surface area contributed by atoms with Gasteiger partial charge in [0.25, 0.3) is 10.0 Å². The number of hydrogen-bond acceptors (Lipinski definition) is 4. The number of sulfonamides is 1. The maximum absolute atomic E-state index is 13.4. The lowest BCUT2D eigenvalue weighted by Gasteiger charge is -2.31. The summed E-state index contributed by atoms with van der Waals surface area (Å²) in [5, 5.41) is 2.89. The molecule has 3 aromatic rings. The Morgan fingerprint density at radius 2 is 1.58 bits per heavy atom. The average Bonchev–Trinajstić information content (AvgIpc) is 2.76. The molecule has 3 aromatic carbocycles. The highest BCUT2D eigenvalue weighted by Crippen LogP contribution is 2.36. The summed E-state index contributed by atoms with van der Waals surface area (Å²) in [6.45, 7) is 2.33. The maximum atomic E-state index is 13.4. The number of nitrogens with zero attached hydrogens (tertiary/aromatic N) is 1. The van der Waals surface area contributed by atoms with Crippen LogP contribution in [0, 0.1) is 12.7 Å². The molecule has 0 fully saturated rings. The Morgan fingerprint density at radius 3 is 2.29 bits per heavy atom. The Labute approximate surface area is 180 Å². The molecule has 0 radical (unpaired) electrons. The highest BCUT2D eigenvalue weighted by atomic mass is 32.2. The molecular formula is C24H21FN2O3S. The monoisotopic (exact) mass is 436 g/mol. The standard InChI is InChI=1S/C24H21FN2O3S/c1-17-6-8-19(9-7-17)16-27-22-5-3-2-4-21(22)24(28)23(31(27,29)30)15-26-14-18-10-12-20(25)13-11-18/h2-13,15,26H,14,16H2,1H3. The van der Waals surface area contributed by atoms with Crippen molar-refractivity contribution < 1.29 is 17.6 Å². The predicted molar refractivity (Wildman–Crippen MR) is 118 cm³/mol. The van der Waals surface area contributed by atoms with Gasteiger partial charge in [0.1, 0.15) is 5.82 Å². The van der Waals surface area contributed by atoms with Crippen molar-refractivity contribution in [3.63, 3.8) is 0 Å². The molecule has 0 amide bonds. The van der Waals surface area contributed by atoms with Crippen LogP contribution >= 0.6 is 0 Å². The lowest BCUT2D eigenvalue weighted by molar-refractivity contribution is 0.104. The molecular weight excluding hydrogens is 415 g/mol. The number of anilines is 1. The number of aryl methyl sites for hydroxylation is 1. The fourth-order valence-electron chi connectivity index (χ4n) is 3.41. The van der Waals surface area contributed by atoms with Gasteiger partial charge >= 0.3 is 0 Å². The number of benzene rings is 3. The molecule has 4 rings (SSSR count). The van der Waals surface area contributed by atoms with E-state index in [1.54, 1.807) is 36.4 Å². The first-order valence-electron chi connectivity index (χ1n) is 9.76. The molecule has 0 unspecified atom stereocenters. The number of ketones is 1. The minimum atomic E-state index is -4.07. The van der Waals surface area contributed by atoms with E-state index in [2.05, 4.69) is 5.32 Å². The van der Waals surface area contributed by atoms with E-state index in [9.17, 15) is 17.6 Å². The molecule has 0 spiro atoms. The van der Waals surface area contributed by atoms with Crippen LogP contribution in [0.15, 0.2) is 83.9 Å². The van der Waals surface area contributed by atoms with Crippen molar-refractivity contribution in [3.8, 4) is 0 Å². The Bertz CT molecular complexity index is 1250. The first kappa shape index (κ1) is 20.8. The highest BCUT2D eigenvalue weighted by molar-refractivity contribution is 7.97. The smallest absolute Gasteiger partial charge is 0.270 e. The third-order valence-electron chi connectivity index (χ3n) is 5.11. The number of carbonyl (C=O) groups is 1. The molecule has 0 atom stereocenters. The zero-order chi connectivity index (χ0) is 22.0. The van der Waals surface area contributed by atoms with Crippen LogP contribution in [0.4, 0.5) is 10.1 Å². The third kappa shape index (κ3) is 4.22. The molecule has 0 aliphatic carbocycles. The average molecular weight is 437 g/mol. The lowest BCUT2D eigenvalue weighted by Crippen LogP contribution is -2.39. The molecule has 158 valence electrons. The summed E-state index contributed by atoms with van der Waals surface area (Å²) in [7, 11) is -4.07. The molecule has 7 heteroatoms. The number of Topliss-reactive ketones (excluding diaryl/α,β-unsaturated/α-hetero) is 1. The minimum Gasteiger partial charge on any atom is -0.386 e. The zero-order valence-electron chi connectivity index (χ0n) is 16.9. The molecule has 1 aliphatic heterocycles. The number of fused-ring (bicyclic) bond motifs is 1. The van der Waals surface area contributed by atoms with E-state index in [0.717, 1.165) is 16.7 Å². The van der Waals surface area contributed by atoms with Gasteiger partial charge in [0.05, 0.1) is 12.2 Å². The Balaban J connectivity index is 1.68. The number of para-hydroxylation sites is 1. The van der Waals surface area contributed by atoms with Crippen LogP contribution in [0.2, 0.25) is 0 Å². The van der Waals surface area contributed by atoms with Crippen LogP contribution in [0.5, 0.6) is 0 Å². The van der Waals surface area contributed by atoms with Crippen molar-refractivity contribution in [1.82, 2.24) is 5.32 Å². The summed E-state index contributed by atoms with van der Waals surface area (Å²) in [5.41, 5.74) is 3.35. The van der Waals surface area contributed by atoms with E-state index >= 15 is 0 Å². The number of allylic oxidation sites excluding steroid dienone is 1. The molecule has 5 nitrogen and oxygen atoms in total. The maximum Gasteiger partial charge on any atom is 0.270 e. The van der Waals surface area contributed by atoms with Crippen molar-refractivity contribution in [1.29, 1.82) is 0 Å². The SMILES string of the molecule is Cc1ccc(CN2c3ccccc3C(=O)C(=CNCc3ccc(F)cc3)S2(=O)=O)cc1. The first-order chi connectivity index (χ1) is 14.9. The zero-order valence-corrected chi connectivity index (χ0v) is 17.7. The van der Waals surface area contributed by atoms with Crippen LogP contribution in [-0.4, -0.2) is 14.2 Å². The van der Waals surface area contributed by atoms with Crippen LogP contribution < -0.4 is 9.62 Å². The van der Waals surface area contributed by atoms with E-state index in [-0.39, 0.29) is 23.8 Å². The second-order valence-corrected chi connectivity index (χ2v) is 9.19. The summed E-state index contributed by atoms with van der Waals surface area (Å²) in [6, 6.07) is 20.1. The van der Waals surface area contributed by atoms with Crippen molar-refractivity contribution in [2.45, 2.75) is 20.0 Å². The van der Waals surface area contributed by atoms with Gasteiger partial charge in [-0.05, 0) is 42.3 Å². The largest absolute Gasteiger partial charge is 0.386 e. The van der Waals surface area contributed by atoms with Gasteiger partial charge in [-0.3, -0.25) is 9.10 Å². The topological polar surface area (TPSA) is 66.5 Å². The number of nitrogens with one attached hydrogen (secondary N) is 1. The highest BCUT2D eigenvalue weighted by Gasteiger charge is 2.39. The number of hydrogen-bond donors (Lipinski definition) is 1. The van der Waals surface area contributed by atoms with Gasteiger partial charge < -0.3 is 5.32 Å². The summed E-state index contributed by atoms with van der Waals surface area (Å²) >= 11 is 0. The molecule has 0 saturated heterocycles. The van der Waals surface area contributed by atoms with E-state index < -0.39 is 15.8 Å².